The molecule has 180 valence electrons. The highest BCUT2D eigenvalue weighted by Crippen LogP contribution is 2.31. The summed E-state index contributed by atoms with van der Waals surface area (Å²) >= 11 is 0. The molecule has 0 atom stereocenters. The van der Waals surface area contributed by atoms with Gasteiger partial charge in [0.25, 0.3) is 5.91 Å². The quantitative estimate of drug-likeness (QED) is 0.581. The van der Waals surface area contributed by atoms with Gasteiger partial charge in [0.05, 0.1) is 17.7 Å². The smallest absolute Gasteiger partial charge is 0.422 e. The molecular weight excluding hydrogens is 465 g/mol. The number of nitrogens with one attached hydrogen (secondary N) is 1. The van der Waals surface area contributed by atoms with Gasteiger partial charge in [0.1, 0.15) is 17.2 Å². The van der Waals surface area contributed by atoms with E-state index in [0.717, 1.165) is 31.0 Å². The fourth-order valence-electron chi connectivity index (χ4n) is 3.14. The highest BCUT2D eigenvalue weighted by molar-refractivity contribution is 7.89. The van der Waals surface area contributed by atoms with Crippen LogP contribution in [0.5, 0.6) is 17.2 Å². The first-order valence-corrected chi connectivity index (χ1v) is 11.4. The van der Waals surface area contributed by atoms with Crippen molar-refractivity contribution in [3.8, 4) is 17.2 Å². The van der Waals surface area contributed by atoms with E-state index in [1.54, 1.807) is 24.3 Å². The molecule has 8 nitrogen and oxygen atoms in total. The largest absolute Gasteiger partial charge is 0.497 e. The van der Waals surface area contributed by atoms with Crippen LogP contribution in [0.15, 0.2) is 47.4 Å². The van der Waals surface area contributed by atoms with Gasteiger partial charge in [-0.15, -0.1) is 0 Å². The lowest BCUT2D eigenvalue weighted by Crippen LogP contribution is -2.28. The van der Waals surface area contributed by atoms with E-state index in [4.69, 9.17) is 14.2 Å². The number of carbonyl (C=O) groups is 1. The second-order valence-electron chi connectivity index (χ2n) is 7.19. The first-order valence-electron chi connectivity index (χ1n) is 9.99. The standard InChI is InChI=1S/C21H23F3N2O6S/c1-30-15-4-6-16(7-5-15)31-13-20(27)25-18-12-17(33(28,29)26-10-2-3-11-26)8-9-19(18)32-14-21(22,23)24/h4-9,12H,2-3,10-11,13-14H2,1H3,(H,25,27). The van der Waals surface area contributed by atoms with Crippen LogP contribution in [0.3, 0.4) is 0 Å². The summed E-state index contributed by atoms with van der Waals surface area (Å²) in [6.07, 6.45) is -3.17. The summed E-state index contributed by atoms with van der Waals surface area (Å²) in [5.41, 5.74) is -0.206. The number of anilines is 1. The molecule has 0 aromatic heterocycles. The van der Waals surface area contributed by atoms with Crippen LogP contribution in [0.1, 0.15) is 12.8 Å². The minimum atomic E-state index is -4.61. The van der Waals surface area contributed by atoms with Crippen LogP contribution >= 0.6 is 0 Å². The number of carbonyl (C=O) groups excluding carboxylic acids is 1. The Kier molecular flexibility index (Phi) is 7.69. The van der Waals surface area contributed by atoms with Crippen molar-refractivity contribution in [2.75, 3.05) is 38.7 Å². The molecule has 0 aliphatic carbocycles. The van der Waals surface area contributed by atoms with E-state index < -0.39 is 35.3 Å². The Morgan fingerprint density at radius 1 is 1.03 bits per heavy atom. The molecule has 1 saturated heterocycles. The molecule has 3 rings (SSSR count). The molecule has 2 aromatic carbocycles. The second kappa shape index (κ2) is 10.3. The number of methoxy groups -OCH3 is 1. The van der Waals surface area contributed by atoms with Crippen molar-refractivity contribution in [2.45, 2.75) is 23.9 Å². The van der Waals surface area contributed by atoms with E-state index in [1.807, 2.05) is 0 Å². The van der Waals surface area contributed by atoms with E-state index in [0.29, 0.717) is 24.6 Å². The van der Waals surface area contributed by atoms with Gasteiger partial charge in [-0.2, -0.15) is 17.5 Å². The van der Waals surface area contributed by atoms with Crippen LogP contribution in [0.25, 0.3) is 0 Å². The summed E-state index contributed by atoms with van der Waals surface area (Å²) in [6.45, 7) is -1.36. The summed E-state index contributed by atoms with van der Waals surface area (Å²) in [6, 6.07) is 9.74. The number of nitrogens with zero attached hydrogens (tertiary/aromatic N) is 1. The van der Waals surface area contributed by atoms with Crippen molar-refractivity contribution in [1.82, 2.24) is 4.31 Å². The van der Waals surface area contributed by atoms with Crippen LogP contribution in [0, 0.1) is 0 Å². The maximum atomic E-state index is 12.8. The topological polar surface area (TPSA) is 94.2 Å². The van der Waals surface area contributed by atoms with Gasteiger partial charge < -0.3 is 19.5 Å². The Balaban J connectivity index is 1.77. The van der Waals surface area contributed by atoms with Crippen molar-refractivity contribution < 1.29 is 40.6 Å². The van der Waals surface area contributed by atoms with Crippen molar-refractivity contribution in [1.29, 1.82) is 0 Å². The normalized spacial score (nSPS) is 14.7. The summed E-state index contributed by atoms with van der Waals surface area (Å²) in [5.74, 6) is -0.0666. The molecule has 0 saturated carbocycles. The molecule has 1 fully saturated rings. The number of amides is 1. The van der Waals surface area contributed by atoms with E-state index in [9.17, 15) is 26.4 Å². The number of rotatable bonds is 9. The SMILES string of the molecule is COc1ccc(OCC(=O)Nc2cc(S(=O)(=O)N3CCCC3)ccc2OCC(F)(F)F)cc1. The molecule has 0 unspecified atom stereocenters. The number of hydrogen-bond acceptors (Lipinski definition) is 6. The van der Waals surface area contributed by atoms with E-state index in [2.05, 4.69) is 5.32 Å². The van der Waals surface area contributed by atoms with Gasteiger partial charge in [-0.05, 0) is 55.3 Å². The van der Waals surface area contributed by atoms with Gasteiger partial charge in [-0.25, -0.2) is 8.42 Å². The van der Waals surface area contributed by atoms with Gasteiger partial charge in [0.2, 0.25) is 10.0 Å². The number of halogens is 3. The Bertz CT molecular complexity index is 1070. The van der Waals surface area contributed by atoms with Gasteiger partial charge in [0, 0.05) is 13.1 Å². The lowest BCUT2D eigenvalue weighted by atomic mass is 10.3. The fraction of sp³-hybridized carbons (Fsp3) is 0.381. The fourth-order valence-corrected chi connectivity index (χ4v) is 4.68. The molecule has 1 aliphatic rings. The monoisotopic (exact) mass is 488 g/mol. The third-order valence-electron chi connectivity index (χ3n) is 4.75. The third kappa shape index (κ3) is 6.75. The molecule has 2 aromatic rings. The zero-order chi connectivity index (χ0) is 24.1. The highest BCUT2D eigenvalue weighted by Gasteiger charge is 2.31. The number of benzene rings is 2. The van der Waals surface area contributed by atoms with E-state index in [1.165, 1.54) is 11.4 Å². The highest BCUT2D eigenvalue weighted by atomic mass is 32.2. The maximum Gasteiger partial charge on any atom is 0.422 e. The maximum absolute atomic E-state index is 12.8. The van der Waals surface area contributed by atoms with Crippen LogP contribution in [-0.2, 0) is 14.8 Å². The van der Waals surface area contributed by atoms with E-state index >= 15 is 0 Å². The Morgan fingerprint density at radius 2 is 1.67 bits per heavy atom. The molecule has 1 N–H and O–H groups in total. The first-order chi connectivity index (χ1) is 15.6. The zero-order valence-corrected chi connectivity index (χ0v) is 18.5. The average molecular weight is 488 g/mol. The van der Waals surface area contributed by atoms with Crippen LogP contribution in [0.4, 0.5) is 18.9 Å². The minimum absolute atomic E-state index is 0.157. The van der Waals surface area contributed by atoms with Crippen molar-refractivity contribution >= 4 is 21.6 Å². The minimum Gasteiger partial charge on any atom is -0.497 e. The van der Waals surface area contributed by atoms with E-state index in [-0.39, 0.29) is 16.3 Å². The molecule has 0 spiro atoms. The Morgan fingerprint density at radius 3 is 2.27 bits per heavy atom. The predicted octanol–water partition coefficient (Wildman–Crippen LogP) is 3.44. The van der Waals surface area contributed by atoms with Gasteiger partial charge in [-0.1, -0.05) is 0 Å². The molecule has 12 heteroatoms. The van der Waals surface area contributed by atoms with Crippen LogP contribution < -0.4 is 19.5 Å². The molecule has 1 heterocycles. The summed E-state index contributed by atoms with van der Waals surface area (Å²) in [4.78, 5) is 12.2. The average Bonchev–Trinajstić information content (AvgIpc) is 3.32. The number of hydrogen-bond donors (Lipinski definition) is 1. The summed E-state index contributed by atoms with van der Waals surface area (Å²) in [5, 5.41) is 2.38. The lowest BCUT2D eigenvalue weighted by Gasteiger charge is -2.18. The molecular formula is C21H23F3N2O6S. The first kappa shape index (κ1) is 24.6. The van der Waals surface area contributed by atoms with Crippen LogP contribution in [-0.4, -0.2) is 58.2 Å². The van der Waals surface area contributed by atoms with Crippen molar-refractivity contribution in [2.24, 2.45) is 0 Å². The zero-order valence-electron chi connectivity index (χ0n) is 17.7. The number of sulfonamides is 1. The van der Waals surface area contributed by atoms with Crippen molar-refractivity contribution in [3.05, 3.63) is 42.5 Å². The molecule has 0 bridgehead atoms. The Hall–Kier alpha value is -2.99. The lowest BCUT2D eigenvalue weighted by molar-refractivity contribution is -0.153. The summed E-state index contributed by atoms with van der Waals surface area (Å²) in [7, 11) is -2.36. The Labute approximate surface area is 189 Å². The van der Waals surface area contributed by atoms with Crippen LogP contribution in [0.2, 0.25) is 0 Å². The van der Waals surface area contributed by atoms with Crippen molar-refractivity contribution in [3.63, 3.8) is 0 Å². The molecule has 1 aliphatic heterocycles. The predicted molar refractivity (Wildman–Crippen MR) is 113 cm³/mol. The molecule has 33 heavy (non-hydrogen) atoms. The van der Waals surface area contributed by atoms with Gasteiger partial charge >= 0.3 is 6.18 Å². The van der Waals surface area contributed by atoms with Gasteiger partial charge in [0.15, 0.2) is 13.2 Å². The second-order valence-corrected chi connectivity index (χ2v) is 9.12. The number of ether oxygens (including phenoxy) is 3. The molecule has 1 amide bonds. The third-order valence-corrected chi connectivity index (χ3v) is 6.64. The van der Waals surface area contributed by atoms with Gasteiger partial charge in [-0.3, -0.25) is 4.79 Å². The molecule has 0 radical (unpaired) electrons. The summed E-state index contributed by atoms with van der Waals surface area (Å²) < 4.78 is 80.0. The number of alkyl halides is 3.